The van der Waals surface area contributed by atoms with E-state index in [4.69, 9.17) is 5.73 Å². The molecule has 0 bridgehead atoms. The topological polar surface area (TPSA) is 86.7 Å². The second-order valence-corrected chi connectivity index (χ2v) is 5.09. The Labute approximate surface area is 105 Å². The number of benzene rings is 1. The van der Waals surface area contributed by atoms with E-state index in [1.54, 1.807) is 18.2 Å². The molecule has 0 aliphatic rings. The van der Waals surface area contributed by atoms with Crippen molar-refractivity contribution >= 4 is 11.6 Å². The maximum atomic E-state index is 12.2. The number of nitrogen functional groups attached to an aromatic ring is 1. The highest BCUT2D eigenvalue weighted by atomic mass is 16.2. The van der Waals surface area contributed by atoms with E-state index in [9.17, 15) is 4.79 Å². The molecule has 0 aliphatic carbocycles. The number of carbonyl (C=O) groups excluding carboxylic acids is 1. The number of hydrogen-bond donors (Lipinski definition) is 1. The fourth-order valence-electron chi connectivity index (χ4n) is 1.50. The molecular weight excluding hydrogens is 230 g/mol. The Morgan fingerprint density at radius 2 is 2.06 bits per heavy atom. The molecule has 1 heterocycles. The number of carbonyl (C=O) groups is 1. The van der Waals surface area contributed by atoms with Crippen LogP contribution in [0.15, 0.2) is 24.3 Å². The summed E-state index contributed by atoms with van der Waals surface area (Å²) in [4.78, 5) is 12.2. The molecule has 0 spiro atoms. The molecular formula is C12H15N5O. The van der Waals surface area contributed by atoms with Gasteiger partial charge in [-0.15, -0.1) is 5.10 Å². The third-order valence-corrected chi connectivity index (χ3v) is 2.45. The zero-order valence-corrected chi connectivity index (χ0v) is 10.6. The molecule has 2 aromatic rings. The number of rotatable bonds is 1. The van der Waals surface area contributed by atoms with Crippen LogP contribution in [0.3, 0.4) is 0 Å². The van der Waals surface area contributed by atoms with Crippen LogP contribution in [0.5, 0.6) is 0 Å². The average molecular weight is 245 g/mol. The zero-order chi connectivity index (χ0) is 13.3. The highest BCUT2D eigenvalue weighted by Gasteiger charge is 2.27. The molecule has 0 radical (unpaired) electrons. The Morgan fingerprint density at radius 3 is 2.67 bits per heavy atom. The summed E-state index contributed by atoms with van der Waals surface area (Å²) < 4.78 is 1.22. The standard InChI is InChI=1S/C12H15N5O/c1-12(2,3)11(18)17-10(14-15-16-17)8-5-4-6-9(13)7-8/h4-7H,13H2,1-3H3. The fraction of sp³-hybridized carbons (Fsp3) is 0.333. The Bertz CT molecular complexity index is 582. The van der Waals surface area contributed by atoms with E-state index < -0.39 is 5.41 Å². The van der Waals surface area contributed by atoms with Gasteiger partial charge >= 0.3 is 0 Å². The largest absolute Gasteiger partial charge is 0.399 e. The van der Waals surface area contributed by atoms with Gasteiger partial charge in [-0.1, -0.05) is 32.9 Å². The molecule has 1 aromatic carbocycles. The number of tetrazole rings is 1. The summed E-state index contributed by atoms with van der Waals surface area (Å²) in [5.41, 5.74) is 6.48. The van der Waals surface area contributed by atoms with Crippen molar-refractivity contribution in [1.29, 1.82) is 0 Å². The van der Waals surface area contributed by atoms with Crippen LogP contribution in [0.1, 0.15) is 25.6 Å². The number of anilines is 1. The Kier molecular flexibility index (Phi) is 2.86. The molecule has 2 rings (SSSR count). The highest BCUT2D eigenvalue weighted by molar-refractivity contribution is 5.86. The van der Waals surface area contributed by atoms with E-state index in [1.165, 1.54) is 4.68 Å². The average Bonchev–Trinajstić information content (AvgIpc) is 2.75. The molecule has 18 heavy (non-hydrogen) atoms. The van der Waals surface area contributed by atoms with E-state index in [-0.39, 0.29) is 5.91 Å². The first-order valence-corrected chi connectivity index (χ1v) is 5.58. The molecule has 0 unspecified atom stereocenters. The molecule has 0 fully saturated rings. The molecule has 2 N–H and O–H groups in total. The maximum absolute atomic E-state index is 12.2. The van der Waals surface area contributed by atoms with Gasteiger partial charge in [-0.05, 0) is 22.6 Å². The number of nitrogens with zero attached hydrogens (tertiary/aromatic N) is 4. The van der Waals surface area contributed by atoms with Crippen LogP contribution in [0.4, 0.5) is 5.69 Å². The first-order valence-electron chi connectivity index (χ1n) is 5.58. The molecule has 0 aliphatic heterocycles. The first-order chi connectivity index (χ1) is 8.39. The van der Waals surface area contributed by atoms with Crippen molar-refractivity contribution in [3.63, 3.8) is 0 Å². The van der Waals surface area contributed by atoms with Crippen molar-refractivity contribution < 1.29 is 4.79 Å². The van der Waals surface area contributed by atoms with Crippen LogP contribution in [0.25, 0.3) is 11.4 Å². The van der Waals surface area contributed by atoms with Crippen LogP contribution in [-0.4, -0.2) is 26.1 Å². The van der Waals surface area contributed by atoms with E-state index in [0.717, 1.165) is 5.56 Å². The third kappa shape index (κ3) is 2.22. The minimum atomic E-state index is -0.551. The van der Waals surface area contributed by atoms with Crippen LogP contribution in [0, 0.1) is 5.41 Å². The number of nitrogens with two attached hydrogens (primary N) is 1. The molecule has 94 valence electrons. The first kappa shape index (κ1) is 12.2. The smallest absolute Gasteiger partial charge is 0.255 e. The fourth-order valence-corrected chi connectivity index (χ4v) is 1.50. The van der Waals surface area contributed by atoms with Crippen molar-refractivity contribution in [3.05, 3.63) is 24.3 Å². The third-order valence-electron chi connectivity index (χ3n) is 2.45. The highest BCUT2D eigenvalue weighted by Crippen LogP contribution is 2.22. The van der Waals surface area contributed by atoms with Gasteiger partial charge < -0.3 is 5.73 Å². The summed E-state index contributed by atoms with van der Waals surface area (Å²) in [6, 6.07) is 7.11. The van der Waals surface area contributed by atoms with Crippen molar-refractivity contribution in [3.8, 4) is 11.4 Å². The quantitative estimate of drug-likeness (QED) is 0.609. The normalized spacial score (nSPS) is 11.5. The van der Waals surface area contributed by atoms with E-state index in [1.807, 2.05) is 26.8 Å². The summed E-state index contributed by atoms with van der Waals surface area (Å²) in [7, 11) is 0. The van der Waals surface area contributed by atoms with E-state index in [0.29, 0.717) is 11.5 Å². The van der Waals surface area contributed by atoms with Crippen molar-refractivity contribution in [2.24, 2.45) is 5.41 Å². The van der Waals surface area contributed by atoms with Crippen LogP contribution in [-0.2, 0) is 0 Å². The second kappa shape index (κ2) is 4.21. The Balaban J connectivity index is 2.49. The van der Waals surface area contributed by atoms with Gasteiger partial charge in [0.15, 0.2) is 5.82 Å². The second-order valence-electron chi connectivity index (χ2n) is 5.09. The van der Waals surface area contributed by atoms with Gasteiger partial charge in [0.1, 0.15) is 0 Å². The van der Waals surface area contributed by atoms with Crippen LogP contribution < -0.4 is 5.73 Å². The maximum Gasteiger partial charge on any atom is 0.255 e. The molecule has 0 saturated carbocycles. The van der Waals surface area contributed by atoms with Crippen LogP contribution >= 0.6 is 0 Å². The van der Waals surface area contributed by atoms with Gasteiger partial charge in [0.05, 0.1) is 0 Å². The summed E-state index contributed by atoms with van der Waals surface area (Å²) in [6.07, 6.45) is 0. The molecule has 0 saturated heterocycles. The van der Waals surface area contributed by atoms with Gasteiger partial charge in [0, 0.05) is 16.7 Å². The number of hydrogen-bond acceptors (Lipinski definition) is 5. The Morgan fingerprint density at radius 1 is 1.33 bits per heavy atom. The SMILES string of the molecule is CC(C)(C)C(=O)n1nnnc1-c1cccc(N)c1. The van der Waals surface area contributed by atoms with E-state index in [2.05, 4.69) is 15.5 Å². The summed E-state index contributed by atoms with van der Waals surface area (Å²) >= 11 is 0. The molecule has 0 amide bonds. The molecule has 0 atom stereocenters. The van der Waals surface area contributed by atoms with Gasteiger partial charge in [0.2, 0.25) is 0 Å². The molecule has 6 nitrogen and oxygen atoms in total. The van der Waals surface area contributed by atoms with Gasteiger partial charge in [0.25, 0.3) is 5.91 Å². The van der Waals surface area contributed by atoms with Gasteiger partial charge in [-0.2, -0.15) is 4.68 Å². The van der Waals surface area contributed by atoms with E-state index >= 15 is 0 Å². The van der Waals surface area contributed by atoms with Crippen molar-refractivity contribution in [1.82, 2.24) is 20.2 Å². The lowest BCUT2D eigenvalue weighted by Gasteiger charge is -2.16. The lowest BCUT2D eigenvalue weighted by atomic mass is 9.95. The predicted octanol–water partition coefficient (Wildman–Crippen LogP) is 1.61. The van der Waals surface area contributed by atoms with Crippen LogP contribution in [0.2, 0.25) is 0 Å². The molecule has 6 heteroatoms. The minimum absolute atomic E-state index is 0.162. The lowest BCUT2D eigenvalue weighted by Crippen LogP contribution is -2.28. The molecule has 1 aromatic heterocycles. The predicted molar refractivity (Wildman–Crippen MR) is 67.7 cm³/mol. The van der Waals surface area contributed by atoms with Crippen molar-refractivity contribution in [2.45, 2.75) is 20.8 Å². The summed E-state index contributed by atoms with van der Waals surface area (Å²) in [5.74, 6) is 0.243. The van der Waals surface area contributed by atoms with Gasteiger partial charge in [-0.3, -0.25) is 4.79 Å². The number of aromatic nitrogens is 4. The van der Waals surface area contributed by atoms with Crippen molar-refractivity contribution in [2.75, 3.05) is 5.73 Å². The lowest BCUT2D eigenvalue weighted by molar-refractivity contribution is 0.0748. The Hall–Kier alpha value is -2.24. The van der Waals surface area contributed by atoms with Gasteiger partial charge in [-0.25, -0.2) is 0 Å². The summed E-state index contributed by atoms with van der Waals surface area (Å²) in [6.45, 7) is 5.46. The monoisotopic (exact) mass is 245 g/mol. The minimum Gasteiger partial charge on any atom is -0.399 e. The zero-order valence-electron chi connectivity index (χ0n) is 10.6. The summed E-state index contributed by atoms with van der Waals surface area (Å²) in [5, 5.41) is 11.2.